The van der Waals surface area contributed by atoms with Crippen LogP contribution in [0.25, 0.3) is 0 Å². The van der Waals surface area contributed by atoms with Crippen molar-refractivity contribution in [3.8, 4) is 5.75 Å². The van der Waals surface area contributed by atoms with E-state index in [1.54, 1.807) is 32.9 Å². The average Bonchev–Trinajstić information content (AvgIpc) is 2.92. The smallest absolute Gasteiger partial charge is 0.329 e. The zero-order valence-electron chi connectivity index (χ0n) is 25.4. The summed E-state index contributed by atoms with van der Waals surface area (Å²) in [4.78, 5) is 39.4. The number of hydrogen-bond acceptors (Lipinski definition) is 5. The van der Waals surface area contributed by atoms with E-state index in [9.17, 15) is 14.4 Å². The number of nitrogens with one attached hydrogen (secondary N) is 3. The van der Waals surface area contributed by atoms with Gasteiger partial charge in [0.1, 0.15) is 30.0 Å². The van der Waals surface area contributed by atoms with Gasteiger partial charge in [-0.25, -0.2) is 9.59 Å². The summed E-state index contributed by atoms with van der Waals surface area (Å²) in [6.45, 7) is 11.7. The third kappa shape index (κ3) is 11.3. The fraction of sp³-hybridized carbons (Fsp3) is 0.382. The van der Waals surface area contributed by atoms with Gasteiger partial charge in [0.25, 0.3) is 0 Å². The first-order chi connectivity index (χ1) is 19.9. The largest absolute Gasteiger partial charge is 0.489 e. The predicted octanol–water partition coefficient (Wildman–Crippen LogP) is 6.18. The summed E-state index contributed by atoms with van der Waals surface area (Å²) in [5.74, 6) is -0.195. The maximum Gasteiger partial charge on any atom is 0.329 e. The van der Waals surface area contributed by atoms with Gasteiger partial charge in [-0.2, -0.15) is 0 Å². The van der Waals surface area contributed by atoms with E-state index >= 15 is 0 Å². The van der Waals surface area contributed by atoms with Crippen molar-refractivity contribution in [2.45, 2.75) is 78.7 Å². The van der Waals surface area contributed by atoms with Crippen LogP contribution in [-0.2, 0) is 27.4 Å². The molecule has 0 aromatic heterocycles. The highest BCUT2D eigenvalue weighted by atomic mass is 16.6. The molecule has 3 aromatic rings. The van der Waals surface area contributed by atoms with Crippen molar-refractivity contribution >= 4 is 23.6 Å². The van der Waals surface area contributed by atoms with E-state index in [2.05, 4.69) is 16.0 Å². The van der Waals surface area contributed by atoms with Crippen molar-refractivity contribution < 1.29 is 23.9 Å². The van der Waals surface area contributed by atoms with Crippen LogP contribution in [0, 0.1) is 12.8 Å². The Bertz CT molecular complexity index is 1300. The standard InChI is InChI=1S/C34H43N3O5/c1-23(2)20-29(37-33(40)35-27-16-12-24(3)13-17-27)31(38)36-30(32(39)42-34(4,5)6)21-25-14-18-28(19-15-25)41-22-26-10-8-7-9-11-26/h7-19,23,29-30H,20-22H2,1-6H3,(H,36,38)(H2,35,37,40)/t29-,30-/m0/s1. The van der Waals surface area contributed by atoms with Crippen LogP contribution in [0.3, 0.4) is 0 Å². The summed E-state index contributed by atoms with van der Waals surface area (Å²) >= 11 is 0. The SMILES string of the molecule is Cc1ccc(NC(=O)N[C@@H](CC(C)C)C(=O)N[C@@H](Cc2ccc(OCc3ccccc3)cc2)C(=O)OC(C)(C)C)cc1. The Labute approximate surface area is 249 Å². The second-order valence-electron chi connectivity index (χ2n) is 11.9. The molecule has 3 N–H and O–H groups in total. The van der Waals surface area contributed by atoms with E-state index in [1.165, 1.54) is 0 Å². The molecule has 0 fully saturated rings. The van der Waals surface area contributed by atoms with Gasteiger partial charge in [0.2, 0.25) is 5.91 Å². The summed E-state index contributed by atoms with van der Waals surface area (Å²) in [5.41, 5.74) is 2.83. The van der Waals surface area contributed by atoms with Crippen LogP contribution in [0.1, 0.15) is 57.7 Å². The Balaban J connectivity index is 1.70. The lowest BCUT2D eigenvalue weighted by atomic mass is 10.0. The molecule has 42 heavy (non-hydrogen) atoms. The molecule has 224 valence electrons. The predicted molar refractivity (Wildman–Crippen MR) is 165 cm³/mol. The van der Waals surface area contributed by atoms with Crippen LogP contribution in [-0.4, -0.2) is 35.6 Å². The molecule has 0 saturated carbocycles. The van der Waals surface area contributed by atoms with E-state index in [-0.39, 0.29) is 12.3 Å². The molecule has 2 atom stereocenters. The number of carbonyl (C=O) groups excluding carboxylic acids is 3. The molecule has 0 aliphatic carbocycles. The van der Waals surface area contributed by atoms with E-state index in [4.69, 9.17) is 9.47 Å². The van der Waals surface area contributed by atoms with Gasteiger partial charge in [0.15, 0.2) is 0 Å². The van der Waals surface area contributed by atoms with Crippen LogP contribution in [0.4, 0.5) is 10.5 Å². The quantitative estimate of drug-likeness (QED) is 0.225. The summed E-state index contributed by atoms with van der Waals surface area (Å²) in [6.07, 6.45) is 0.602. The Morgan fingerprint density at radius 1 is 0.786 bits per heavy atom. The molecule has 8 nitrogen and oxygen atoms in total. The van der Waals surface area contributed by atoms with Crippen LogP contribution in [0.15, 0.2) is 78.9 Å². The molecule has 3 amide bonds. The molecule has 0 aliphatic rings. The van der Waals surface area contributed by atoms with Crippen LogP contribution < -0.4 is 20.7 Å². The first-order valence-electron chi connectivity index (χ1n) is 14.3. The minimum absolute atomic E-state index is 0.115. The molecule has 0 heterocycles. The zero-order valence-corrected chi connectivity index (χ0v) is 25.4. The zero-order chi connectivity index (χ0) is 30.7. The molecule has 0 saturated heterocycles. The fourth-order valence-electron chi connectivity index (χ4n) is 4.20. The molecule has 0 aliphatic heterocycles. The topological polar surface area (TPSA) is 106 Å². The Kier molecular flexibility index (Phi) is 11.5. The summed E-state index contributed by atoms with van der Waals surface area (Å²) < 4.78 is 11.5. The summed E-state index contributed by atoms with van der Waals surface area (Å²) in [6, 6.07) is 22.3. The maximum absolute atomic E-state index is 13.5. The molecular weight excluding hydrogens is 530 g/mol. The van der Waals surface area contributed by atoms with Gasteiger partial charge in [-0.1, -0.05) is 74.0 Å². The van der Waals surface area contributed by atoms with Gasteiger partial charge < -0.3 is 25.4 Å². The number of anilines is 1. The second kappa shape index (κ2) is 15.1. The minimum Gasteiger partial charge on any atom is -0.489 e. The number of ether oxygens (including phenoxy) is 2. The Morgan fingerprint density at radius 3 is 2.02 bits per heavy atom. The highest BCUT2D eigenvalue weighted by molar-refractivity contribution is 5.95. The monoisotopic (exact) mass is 573 g/mol. The summed E-state index contributed by atoms with van der Waals surface area (Å²) in [7, 11) is 0. The lowest BCUT2D eigenvalue weighted by molar-refractivity contribution is -0.158. The number of carbonyl (C=O) groups is 3. The number of hydrogen-bond donors (Lipinski definition) is 3. The highest BCUT2D eigenvalue weighted by Gasteiger charge is 2.30. The summed E-state index contributed by atoms with van der Waals surface area (Å²) in [5, 5.41) is 8.38. The Hall–Kier alpha value is -4.33. The molecule has 0 spiro atoms. The molecule has 0 bridgehead atoms. The fourth-order valence-corrected chi connectivity index (χ4v) is 4.20. The molecule has 0 radical (unpaired) electrons. The van der Waals surface area contributed by atoms with Crippen molar-refractivity contribution in [2.75, 3.05) is 5.32 Å². The van der Waals surface area contributed by atoms with Crippen LogP contribution in [0.2, 0.25) is 0 Å². The first kappa shape index (κ1) is 32.2. The number of esters is 1. The van der Waals surface area contributed by atoms with Gasteiger partial charge in [0.05, 0.1) is 0 Å². The highest BCUT2D eigenvalue weighted by Crippen LogP contribution is 2.18. The number of rotatable bonds is 12. The van der Waals surface area contributed by atoms with Crippen LogP contribution in [0.5, 0.6) is 5.75 Å². The van der Waals surface area contributed by atoms with Gasteiger partial charge in [0, 0.05) is 12.1 Å². The molecule has 0 unspecified atom stereocenters. The maximum atomic E-state index is 13.5. The van der Waals surface area contributed by atoms with Crippen molar-refractivity contribution in [3.05, 3.63) is 95.6 Å². The first-order valence-corrected chi connectivity index (χ1v) is 14.3. The second-order valence-corrected chi connectivity index (χ2v) is 11.9. The third-order valence-corrected chi connectivity index (χ3v) is 6.26. The molecule has 3 aromatic carbocycles. The Morgan fingerprint density at radius 2 is 1.43 bits per heavy atom. The number of amides is 3. The lowest BCUT2D eigenvalue weighted by Gasteiger charge is -2.27. The molecular formula is C34H43N3O5. The van der Waals surface area contributed by atoms with E-state index in [0.29, 0.717) is 24.5 Å². The van der Waals surface area contributed by atoms with Crippen LogP contribution >= 0.6 is 0 Å². The van der Waals surface area contributed by atoms with Crippen molar-refractivity contribution in [1.29, 1.82) is 0 Å². The number of benzene rings is 3. The normalized spacial score (nSPS) is 12.6. The van der Waals surface area contributed by atoms with Gasteiger partial charge >= 0.3 is 12.0 Å². The van der Waals surface area contributed by atoms with Crippen molar-refractivity contribution in [2.24, 2.45) is 5.92 Å². The molecule has 3 rings (SSSR count). The minimum atomic E-state index is -0.954. The third-order valence-electron chi connectivity index (χ3n) is 6.26. The average molecular weight is 574 g/mol. The van der Waals surface area contributed by atoms with Gasteiger partial charge in [-0.15, -0.1) is 0 Å². The lowest BCUT2D eigenvalue weighted by Crippen LogP contribution is -2.54. The van der Waals surface area contributed by atoms with Crippen molar-refractivity contribution in [1.82, 2.24) is 10.6 Å². The van der Waals surface area contributed by atoms with Gasteiger partial charge in [-0.05, 0) is 75.4 Å². The van der Waals surface area contributed by atoms with E-state index in [1.807, 2.05) is 87.5 Å². The van der Waals surface area contributed by atoms with E-state index in [0.717, 1.165) is 16.7 Å². The number of aryl methyl sites for hydroxylation is 1. The molecule has 8 heteroatoms. The van der Waals surface area contributed by atoms with Crippen molar-refractivity contribution in [3.63, 3.8) is 0 Å². The van der Waals surface area contributed by atoms with Gasteiger partial charge in [-0.3, -0.25) is 4.79 Å². The van der Waals surface area contributed by atoms with E-state index < -0.39 is 35.6 Å². The number of urea groups is 1.